The Morgan fingerprint density at radius 1 is 1.33 bits per heavy atom. The zero-order valence-corrected chi connectivity index (χ0v) is 10.9. The molecule has 1 aromatic carbocycles. The van der Waals surface area contributed by atoms with E-state index < -0.39 is 0 Å². The molecular weight excluding hydrogens is 273 g/mol. The molecule has 0 aliphatic carbocycles. The second-order valence-corrected chi connectivity index (χ2v) is 4.98. The third kappa shape index (κ3) is 1.77. The highest BCUT2D eigenvalue weighted by Crippen LogP contribution is 2.40. The van der Waals surface area contributed by atoms with E-state index in [1.165, 1.54) is 6.07 Å². The van der Waals surface area contributed by atoms with Gasteiger partial charge in [-0.3, -0.25) is 0 Å². The van der Waals surface area contributed by atoms with Crippen molar-refractivity contribution in [1.29, 1.82) is 0 Å². The topological polar surface area (TPSA) is 60.9 Å². The predicted molar refractivity (Wildman–Crippen MR) is 70.3 cm³/mol. The first-order valence-corrected chi connectivity index (χ1v) is 6.36. The summed E-state index contributed by atoms with van der Waals surface area (Å²) in [5, 5.41) is 13.8. The number of fused-ring (bicyclic) bond motifs is 1. The van der Waals surface area contributed by atoms with Gasteiger partial charge in [-0.1, -0.05) is 23.2 Å². The number of hydrogen-bond acceptors (Lipinski definition) is 3. The highest BCUT2D eigenvalue weighted by Gasteiger charge is 2.28. The van der Waals surface area contributed by atoms with E-state index in [0.29, 0.717) is 10.6 Å². The fourth-order valence-electron chi connectivity index (χ4n) is 2.28. The van der Waals surface area contributed by atoms with Crippen molar-refractivity contribution in [3.8, 4) is 5.75 Å². The molecule has 0 saturated heterocycles. The molecule has 6 heteroatoms. The van der Waals surface area contributed by atoms with Gasteiger partial charge in [-0.25, -0.2) is 4.98 Å². The van der Waals surface area contributed by atoms with E-state index in [1.807, 2.05) is 0 Å². The van der Waals surface area contributed by atoms with Crippen LogP contribution in [0.25, 0.3) is 0 Å². The molecule has 1 atom stereocenters. The Kier molecular flexibility index (Phi) is 2.93. The van der Waals surface area contributed by atoms with Gasteiger partial charge in [0.05, 0.1) is 23.1 Å². The SMILES string of the molecule is Oc1ccc(Cl)c(C2NCCc3[nH]cnc32)c1Cl. The molecule has 1 aliphatic rings. The highest BCUT2D eigenvalue weighted by atomic mass is 35.5. The van der Waals surface area contributed by atoms with Crippen molar-refractivity contribution in [2.24, 2.45) is 0 Å². The van der Waals surface area contributed by atoms with Crippen molar-refractivity contribution in [3.05, 3.63) is 45.5 Å². The number of phenolic OH excluding ortho intramolecular Hbond substituents is 1. The van der Waals surface area contributed by atoms with Crippen LogP contribution >= 0.6 is 23.2 Å². The Hall–Kier alpha value is -1.23. The molecular formula is C12H11Cl2N3O. The maximum Gasteiger partial charge on any atom is 0.134 e. The first kappa shape index (κ1) is 11.8. The van der Waals surface area contributed by atoms with Crippen molar-refractivity contribution in [2.75, 3.05) is 6.54 Å². The van der Waals surface area contributed by atoms with Crippen molar-refractivity contribution in [1.82, 2.24) is 15.3 Å². The minimum absolute atomic E-state index is 0.0283. The van der Waals surface area contributed by atoms with Crippen molar-refractivity contribution < 1.29 is 5.11 Å². The highest BCUT2D eigenvalue weighted by molar-refractivity contribution is 6.37. The second-order valence-electron chi connectivity index (χ2n) is 4.20. The molecule has 0 bridgehead atoms. The summed E-state index contributed by atoms with van der Waals surface area (Å²) >= 11 is 12.3. The Morgan fingerprint density at radius 2 is 2.17 bits per heavy atom. The smallest absolute Gasteiger partial charge is 0.134 e. The fourth-order valence-corrected chi connectivity index (χ4v) is 2.87. The fraction of sp³-hybridized carbons (Fsp3) is 0.250. The summed E-state index contributed by atoms with van der Waals surface area (Å²) in [6.07, 6.45) is 2.55. The van der Waals surface area contributed by atoms with E-state index in [1.54, 1.807) is 12.4 Å². The average Bonchev–Trinajstić information content (AvgIpc) is 2.83. The Labute approximate surface area is 114 Å². The Morgan fingerprint density at radius 3 is 3.00 bits per heavy atom. The molecule has 94 valence electrons. The molecule has 2 aromatic rings. The molecule has 0 fully saturated rings. The quantitative estimate of drug-likeness (QED) is 0.754. The average molecular weight is 284 g/mol. The van der Waals surface area contributed by atoms with Crippen LogP contribution in [0.3, 0.4) is 0 Å². The van der Waals surface area contributed by atoms with Gasteiger partial charge in [-0.2, -0.15) is 0 Å². The third-order valence-corrected chi connectivity index (χ3v) is 3.87. The zero-order valence-electron chi connectivity index (χ0n) is 9.37. The van der Waals surface area contributed by atoms with Crippen LogP contribution in [0.2, 0.25) is 10.0 Å². The molecule has 0 spiro atoms. The molecule has 0 saturated carbocycles. The minimum Gasteiger partial charge on any atom is -0.506 e. The summed E-state index contributed by atoms with van der Waals surface area (Å²) in [5.74, 6) is 0.0283. The molecule has 1 aromatic heterocycles. The molecule has 3 rings (SSSR count). The van der Waals surface area contributed by atoms with E-state index in [2.05, 4.69) is 15.3 Å². The van der Waals surface area contributed by atoms with Gasteiger partial charge in [0.1, 0.15) is 5.75 Å². The third-order valence-electron chi connectivity index (χ3n) is 3.14. The van der Waals surface area contributed by atoms with Crippen molar-refractivity contribution in [3.63, 3.8) is 0 Å². The van der Waals surface area contributed by atoms with Crippen LogP contribution in [0.5, 0.6) is 5.75 Å². The molecule has 1 unspecified atom stereocenters. The van der Waals surface area contributed by atoms with E-state index in [9.17, 15) is 5.11 Å². The normalized spacial score (nSPS) is 18.7. The van der Waals surface area contributed by atoms with Crippen molar-refractivity contribution in [2.45, 2.75) is 12.5 Å². The lowest BCUT2D eigenvalue weighted by atomic mass is 9.97. The van der Waals surface area contributed by atoms with Gasteiger partial charge in [0, 0.05) is 29.2 Å². The van der Waals surface area contributed by atoms with Gasteiger partial charge in [-0.05, 0) is 12.1 Å². The molecule has 18 heavy (non-hydrogen) atoms. The summed E-state index contributed by atoms with van der Waals surface area (Å²) in [5.41, 5.74) is 2.64. The van der Waals surface area contributed by atoms with Crippen LogP contribution in [0.15, 0.2) is 18.5 Å². The number of nitrogens with one attached hydrogen (secondary N) is 2. The van der Waals surface area contributed by atoms with E-state index in [0.717, 1.165) is 24.4 Å². The first-order valence-electron chi connectivity index (χ1n) is 5.61. The number of phenols is 1. The largest absolute Gasteiger partial charge is 0.506 e. The number of imidazole rings is 1. The summed E-state index contributed by atoms with van der Waals surface area (Å²) in [7, 11) is 0. The minimum atomic E-state index is -0.188. The standard InChI is InChI=1S/C12H11Cl2N3O/c13-6-1-2-8(18)10(14)9(6)12-11-7(3-4-15-12)16-5-17-11/h1-2,5,12,15,18H,3-4H2,(H,16,17). The van der Waals surface area contributed by atoms with Crippen LogP contribution in [-0.4, -0.2) is 21.6 Å². The number of aromatic hydroxyl groups is 1. The monoisotopic (exact) mass is 283 g/mol. The molecule has 4 nitrogen and oxygen atoms in total. The number of rotatable bonds is 1. The molecule has 0 amide bonds. The zero-order chi connectivity index (χ0) is 12.7. The lowest BCUT2D eigenvalue weighted by Crippen LogP contribution is -2.31. The van der Waals surface area contributed by atoms with Gasteiger partial charge in [0.15, 0.2) is 0 Å². The van der Waals surface area contributed by atoms with E-state index >= 15 is 0 Å². The van der Waals surface area contributed by atoms with Crippen LogP contribution < -0.4 is 5.32 Å². The van der Waals surface area contributed by atoms with Crippen LogP contribution in [0.1, 0.15) is 23.0 Å². The lowest BCUT2D eigenvalue weighted by Gasteiger charge is -2.25. The summed E-state index contributed by atoms with van der Waals surface area (Å²) < 4.78 is 0. The number of nitrogens with zero attached hydrogens (tertiary/aromatic N) is 1. The van der Waals surface area contributed by atoms with Crippen LogP contribution in [-0.2, 0) is 6.42 Å². The van der Waals surface area contributed by atoms with Gasteiger partial charge in [-0.15, -0.1) is 0 Å². The van der Waals surface area contributed by atoms with Gasteiger partial charge in [0.25, 0.3) is 0 Å². The van der Waals surface area contributed by atoms with Gasteiger partial charge < -0.3 is 15.4 Å². The number of H-pyrrole nitrogens is 1. The van der Waals surface area contributed by atoms with E-state index in [-0.39, 0.29) is 16.8 Å². The van der Waals surface area contributed by atoms with Crippen molar-refractivity contribution >= 4 is 23.2 Å². The van der Waals surface area contributed by atoms with Gasteiger partial charge in [0.2, 0.25) is 0 Å². The Bertz CT molecular complexity index is 597. The number of hydrogen-bond donors (Lipinski definition) is 3. The maximum atomic E-state index is 9.71. The first-order chi connectivity index (χ1) is 8.68. The van der Waals surface area contributed by atoms with Gasteiger partial charge >= 0.3 is 0 Å². The second kappa shape index (κ2) is 4.46. The van der Waals surface area contributed by atoms with E-state index in [4.69, 9.17) is 23.2 Å². The summed E-state index contributed by atoms with van der Waals surface area (Å²) in [6, 6.07) is 2.94. The lowest BCUT2D eigenvalue weighted by molar-refractivity contribution is 0.472. The molecule has 2 heterocycles. The number of aromatic amines is 1. The summed E-state index contributed by atoms with van der Waals surface area (Å²) in [6.45, 7) is 0.808. The number of benzene rings is 1. The number of halogens is 2. The van der Waals surface area contributed by atoms with Crippen LogP contribution in [0.4, 0.5) is 0 Å². The summed E-state index contributed by atoms with van der Waals surface area (Å²) in [4.78, 5) is 7.42. The van der Waals surface area contributed by atoms with Crippen LogP contribution in [0, 0.1) is 0 Å². The molecule has 3 N–H and O–H groups in total. The Balaban J connectivity index is 2.16. The maximum absolute atomic E-state index is 9.71. The molecule has 1 aliphatic heterocycles. The number of aromatic nitrogens is 2. The predicted octanol–water partition coefficient (Wildman–Crippen LogP) is 2.66. The molecule has 0 radical (unpaired) electrons.